The molecule has 0 aliphatic heterocycles. The zero-order chi connectivity index (χ0) is 19.5. The monoisotopic (exact) mass is 369 g/mol. The molecular weight excluding hydrogens is 346 g/mol. The number of amides is 1. The Labute approximate surface area is 164 Å². The van der Waals surface area contributed by atoms with Gasteiger partial charge in [-0.2, -0.15) is 0 Å². The lowest BCUT2D eigenvalue weighted by atomic mass is 10.0. The topological polar surface area (TPSA) is 46.4 Å². The number of benzene rings is 2. The highest BCUT2D eigenvalue weighted by Gasteiger charge is 2.11. The van der Waals surface area contributed by atoms with Crippen LogP contribution < -0.4 is 5.32 Å². The molecular formula is C24H23N3O. The maximum atomic E-state index is 12.5. The molecule has 0 saturated carbocycles. The summed E-state index contributed by atoms with van der Waals surface area (Å²) in [5.41, 5.74) is 5.77. The highest BCUT2D eigenvalue weighted by molar-refractivity contribution is 5.92. The van der Waals surface area contributed by atoms with Crippen molar-refractivity contribution in [1.29, 1.82) is 0 Å². The number of rotatable bonds is 5. The van der Waals surface area contributed by atoms with Gasteiger partial charge in [-0.3, -0.25) is 4.79 Å². The van der Waals surface area contributed by atoms with Gasteiger partial charge in [-0.25, -0.2) is 4.98 Å². The van der Waals surface area contributed by atoms with Crippen LogP contribution in [0.2, 0.25) is 0 Å². The SMILES string of the molecule is CC(C)c1ccc(CNC(=O)c2cn3cc(-c4ccccc4)ccc3n2)cc1. The molecule has 4 rings (SSSR count). The number of nitrogens with one attached hydrogen (secondary N) is 1. The standard InChI is InChI=1S/C24H23N3O/c1-17(2)19-10-8-18(9-11-19)14-25-24(28)22-16-27-15-21(12-13-23(27)26-22)20-6-4-3-5-7-20/h3-13,15-17H,14H2,1-2H3,(H,25,28). The molecule has 0 aliphatic rings. The second-order valence-corrected chi connectivity index (χ2v) is 7.25. The summed E-state index contributed by atoms with van der Waals surface area (Å²) in [5.74, 6) is 0.334. The Kier molecular flexibility index (Phi) is 4.94. The molecule has 0 unspecified atom stereocenters. The molecule has 0 radical (unpaired) electrons. The molecule has 0 saturated heterocycles. The minimum absolute atomic E-state index is 0.169. The minimum atomic E-state index is -0.169. The minimum Gasteiger partial charge on any atom is -0.347 e. The summed E-state index contributed by atoms with van der Waals surface area (Å²) in [6, 6.07) is 22.5. The number of fused-ring (bicyclic) bond motifs is 1. The van der Waals surface area contributed by atoms with Gasteiger partial charge in [0.15, 0.2) is 0 Å². The lowest BCUT2D eigenvalue weighted by Crippen LogP contribution is -2.23. The molecule has 0 atom stereocenters. The summed E-state index contributed by atoms with van der Waals surface area (Å²) in [6.07, 6.45) is 3.78. The Bertz CT molecular complexity index is 1100. The number of hydrogen-bond acceptors (Lipinski definition) is 2. The van der Waals surface area contributed by atoms with Gasteiger partial charge in [-0.05, 0) is 40.3 Å². The number of aromatic nitrogens is 2. The first-order valence-corrected chi connectivity index (χ1v) is 9.51. The summed E-state index contributed by atoms with van der Waals surface area (Å²) in [6.45, 7) is 4.83. The highest BCUT2D eigenvalue weighted by atomic mass is 16.1. The van der Waals surface area contributed by atoms with Crippen LogP contribution in [0.3, 0.4) is 0 Å². The number of pyridine rings is 1. The predicted octanol–water partition coefficient (Wildman–Crippen LogP) is 5.05. The molecule has 2 heterocycles. The average molecular weight is 369 g/mol. The van der Waals surface area contributed by atoms with Crippen LogP contribution in [0.25, 0.3) is 16.8 Å². The van der Waals surface area contributed by atoms with Crippen LogP contribution >= 0.6 is 0 Å². The van der Waals surface area contributed by atoms with Crippen molar-refractivity contribution in [3.05, 3.63) is 95.9 Å². The number of nitrogens with zero attached hydrogens (tertiary/aromatic N) is 2. The van der Waals surface area contributed by atoms with Crippen molar-refractivity contribution in [2.45, 2.75) is 26.3 Å². The average Bonchev–Trinajstić information content (AvgIpc) is 3.16. The van der Waals surface area contributed by atoms with E-state index in [1.54, 1.807) is 6.20 Å². The number of hydrogen-bond donors (Lipinski definition) is 1. The molecule has 140 valence electrons. The van der Waals surface area contributed by atoms with Crippen LogP contribution in [0.1, 0.15) is 41.4 Å². The summed E-state index contributed by atoms with van der Waals surface area (Å²) >= 11 is 0. The molecule has 2 aromatic heterocycles. The zero-order valence-electron chi connectivity index (χ0n) is 16.1. The zero-order valence-corrected chi connectivity index (χ0v) is 16.1. The Morgan fingerprint density at radius 1 is 0.929 bits per heavy atom. The van der Waals surface area contributed by atoms with Gasteiger partial charge >= 0.3 is 0 Å². The first kappa shape index (κ1) is 18.0. The van der Waals surface area contributed by atoms with E-state index in [4.69, 9.17) is 0 Å². The molecule has 4 nitrogen and oxygen atoms in total. The normalized spacial score (nSPS) is 11.1. The van der Waals surface area contributed by atoms with Crippen molar-refractivity contribution in [2.75, 3.05) is 0 Å². The van der Waals surface area contributed by atoms with E-state index in [1.165, 1.54) is 5.56 Å². The number of imidazole rings is 1. The van der Waals surface area contributed by atoms with E-state index < -0.39 is 0 Å². The van der Waals surface area contributed by atoms with Gasteiger partial charge in [0.2, 0.25) is 0 Å². The van der Waals surface area contributed by atoms with Crippen molar-refractivity contribution in [3.8, 4) is 11.1 Å². The fraction of sp³-hybridized carbons (Fsp3) is 0.167. The maximum absolute atomic E-state index is 12.5. The van der Waals surface area contributed by atoms with Crippen molar-refractivity contribution >= 4 is 11.6 Å². The van der Waals surface area contributed by atoms with Crippen LogP contribution in [0.5, 0.6) is 0 Å². The quantitative estimate of drug-likeness (QED) is 0.535. The molecule has 4 aromatic rings. The third-order valence-corrected chi connectivity index (χ3v) is 4.89. The van der Waals surface area contributed by atoms with Crippen molar-refractivity contribution in [1.82, 2.24) is 14.7 Å². The smallest absolute Gasteiger partial charge is 0.271 e. The number of carbonyl (C=O) groups excluding carboxylic acids is 1. The first-order chi connectivity index (χ1) is 13.6. The van der Waals surface area contributed by atoms with Gasteiger partial charge in [0, 0.05) is 18.9 Å². The second kappa shape index (κ2) is 7.69. The molecule has 0 bridgehead atoms. The second-order valence-electron chi connectivity index (χ2n) is 7.25. The van der Waals surface area contributed by atoms with E-state index in [-0.39, 0.29) is 5.91 Å². The van der Waals surface area contributed by atoms with Gasteiger partial charge in [-0.1, -0.05) is 68.4 Å². The summed E-state index contributed by atoms with van der Waals surface area (Å²) < 4.78 is 1.90. The lowest BCUT2D eigenvalue weighted by Gasteiger charge is -2.07. The molecule has 2 aromatic carbocycles. The van der Waals surface area contributed by atoms with E-state index in [0.717, 1.165) is 22.3 Å². The van der Waals surface area contributed by atoms with Crippen molar-refractivity contribution < 1.29 is 4.79 Å². The van der Waals surface area contributed by atoms with Crippen molar-refractivity contribution in [2.24, 2.45) is 0 Å². The third-order valence-electron chi connectivity index (χ3n) is 4.89. The Balaban J connectivity index is 1.48. The van der Waals surface area contributed by atoms with E-state index in [1.807, 2.05) is 40.9 Å². The summed E-state index contributed by atoms with van der Waals surface area (Å²) in [5, 5.41) is 2.96. The fourth-order valence-corrected chi connectivity index (χ4v) is 3.20. The van der Waals surface area contributed by atoms with Gasteiger partial charge < -0.3 is 9.72 Å². The molecule has 0 aliphatic carbocycles. The third kappa shape index (κ3) is 3.81. The van der Waals surface area contributed by atoms with Crippen LogP contribution in [-0.2, 0) is 6.54 Å². The molecule has 1 amide bonds. The highest BCUT2D eigenvalue weighted by Crippen LogP contribution is 2.20. The lowest BCUT2D eigenvalue weighted by molar-refractivity contribution is 0.0946. The predicted molar refractivity (Wildman–Crippen MR) is 112 cm³/mol. The van der Waals surface area contributed by atoms with E-state index >= 15 is 0 Å². The Morgan fingerprint density at radius 2 is 1.68 bits per heavy atom. The summed E-state index contributed by atoms with van der Waals surface area (Å²) in [4.78, 5) is 17.0. The Hall–Kier alpha value is -3.40. The van der Waals surface area contributed by atoms with Gasteiger partial charge in [0.25, 0.3) is 5.91 Å². The van der Waals surface area contributed by atoms with E-state index in [9.17, 15) is 4.79 Å². The molecule has 0 spiro atoms. The molecule has 28 heavy (non-hydrogen) atoms. The first-order valence-electron chi connectivity index (χ1n) is 9.51. The number of carbonyl (C=O) groups is 1. The van der Waals surface area contributed by atoms with Gasteiger partial charge in [-0.15, -0.1) is 0 Å². The van der Waals surface area contributed by atoms with Gasteiger partial charge in [0.05, 0.1) is 0 Å². The van der Waals surface area contributed by atoms with Crippen molar-refractivity contribution in [3.63, 3.8) is 0 Å². The van der Waals surface area contributed by atoms with E-state index in [0.29, 0.717) is 18.2 Å². The molecule has 1 N–H and O–H groups in total. The van der Waals surface area contributed by atoms with Gasteiger partial charge in [0.1, 0.15) is 11.3 Å². The van der Waals surface area contributed by atoms with Crippen LogP contribution in [0, 0.1) is 0 Å². The maximum Gasteiger partial charge on any atom is 0.271 e. The Morgan fingerprint density at radius 3 is 2.39 bits per heavy atom. The van der Waals surface area contributed by atoms with Crippen LogP contribution in [0.4, 0.5) is 0 Å². The fourth-order valence-electron chi connectivity index (χ4n) is 3.20. The van der Waals surface area contributed by atoms with Crippen LogP contribution in [-0.4, -0.2) is 15.3 Å². The molecule has 0 fully saturated rings. The molecule has 4 heteroatoms. The largest absolute Gasteiger partial charge is 0.347 e. The van der Waals surface area contributed by atoms with Crippen LogP contribution in [0.15, 0.2) is 79.1 Å². The van der Waals surface area contributed by atoms with E-state index in [2.05, 4.69) is 60.5 Å². The summed E-state index contributed by atoms with van der Waals surface area (Å²) in [7, 11) is 0.